The van der Waals surface area contributed by atoms with E-state index in [2.05, 4.69) is 10.6 Å². The second-order valence-electron chi connectivity index (χ2n) is 6.84. The second kappa shape index (κ2) is 18.3. The molecule has 2 rings (SSSR count). The summed E-state index contributed by atoms with van der Waals surface area (Å²) in [4.78, 5) is 21.9. The predicted octanol–water partition coefficient (Wildman–Crippen LogP) is -1.80. The van der Waals surface area contributed by atoms with E-state index in [9.17, 15) is 46.9 Å². The van der Waals surface area contributed by atoms with Gasteiger partial charge in [-0.2, -0.15) is 16.8 Å². The molecule has 0 aliphatic carbocycles. The molecule has 0 heterocycles. The monoisotopic (exact) mass is 612 g/mol. The number of hydrogen-bond donors (Lipinski definition) is 8. The smallest absolute Gasteiger partial charge is 0.325 e. The Bertz CT molecular complexity index is 1230. The van der Waals surface area contributed by atoms with Crippen molar-refractivity contribution in [2.24, 2.45) is 0 Å². The van der Waals surface area contributed by atoms with Crippen LogP contribution in [0, 0.1) is 0 Å². The zero-order valence-electron chi connectivity index (χ0n) is 21.0. The maximum atomic E-state index is 11.6. The number of rotatable bonds is 11. The van der Waals surface area contributed by atoms with Crippen molar-refractivity contribution in [2.45, 2.75) is 21.9 Å². The minimum absolute atomic E-state index is 0. The zero-order valence-corrected chi connectivity index (χ0v) is 30.6. The summed E-state index contributed by atoms with van der Waals surface area (Å²) in [6.45, 7) is -0.538. The van der Waals surface area contributed by atoms with E-state index < -0.39 is 76.7 Å². The Labute approximate surface area is 306 Å². The van der Waals surface area contributed by atoms with Crippen molar-refractivity contribution in [3.8, 4) is 11.5 Å². The van der Waals surface area contributed by atoms with Crippen molar-refractivity contribution >= 4 is 150 Å². The maximum absolute atomic E-state index is 11.6. The Balaban J connectivity index is -0.00000306. The van der Waals surface area contributed by atoms with Gasteiger partial charge in [0.1, 0.15) is 23.6 Å². The molecule has 0 saturated carbocycles. The number of benzene rings is 2. The number of carboxylic acids is 2. The van der Waals surface area contributed by atoms with Gasteiger partial charge in [0.05, 0.1) is 9.79 Å². The van der Waals surface area contributed by atoms with Crippen LogP contribution in [0.15, 0.2) is 46.2 Å². The Kier molecular flexibility index (Phi) is 20.8. The molecule has 14 nitrogen and oxygen atoms in total. The first-order chi connectivity index (χ1) is 15.6. The van der Waals surface area contributed by atoms with Crippen LogP contribution in [-0.4, -0.2) is 190 Å². The number of aromatic hydroxyl groups is 2. The van der Waals surface area contributed by atoms with E-state index >= 15 is 0 Å². The molecular weight excluding hydrogens is 592 g/mol. The molecule has 0 saturated heterocycles. The molecule has 20 heteroatoms. The van der Waals surface area contributed by atoms with E-state index in [1.807, 2.05) is 0 Å². The quantitative estimate of drug-likeness (QED) is 0.0793. The third-order valence-electron chi connectivity index (χ3n) is 4.53. The first kappa shape index (κ1) is 43.2. The van der Waals surface area contributed by atoms with Crippen molar-refractivity contribution in [1.82, 2.24) is 10.6 Å². The largest absolute Gasteiger partial charge is 0.508 e. The molecule has 2 atom stereocenters. The molecule has 0 bridgehead atoms. The van der Waals surface area contributed by atoms with Crippen LogP contribution in [0.3, 0.4) is 0 Å². The fourth-order valence-electron chi connectivity index (χ4n) is 2.94. The van der Waals surface area contributed by atoms with Crippen LogP contribution >= 0.6 is 0 Å². The van der Waals surface area contributed by atoms with Crippen LogP contribution < -0.4 is 10.6 Å². The number of phenols is 2. The molecule has 0 aliphatic rings. The average molecular weight is 612 g/mol. The molecule has 190 valence electrons. The molecule has 0 amide bonds. The fourth-order valence-corrected chi connectivity index (χ4v) is 3.97. The second-order valence-corrected chi connectivity index (χ2v) is 9.69. The van der Waals surface area contributed by atoms with Gasteiger partial charge in [0.25, 0.3) is 20.2 Å². The average Bonchev–Trinajstić information content (AvgIpc) is 2.70. The molecular formula is C18H20N2Na4O12S2. The van der Waals surface area contributed by atoms with Gasteiger partial charge < -0.3 is 20.4 Å². The topological polar surface area (TPSA) is 248 Å². The molecule has 2 aromatic rings. The molecule has 0 aromatic heterocycles. The van der Waals surface area contributed by atoms with Gasteiger partial charge >= 0.3 is 11.9 Å². The summed E-state index contributed by atoms with van der Waals surface area (Å²) in [7, 11) is -9.38. The number of phenolic OH excluding ortho intramolecular Hbond substituents is 2. The van der Waals surface area contributed by atoms with E-state index in [0.29, 0.717) is 0 Å². The van der Waals surface area contributed by atoms with Crippen LogP contribution in [0.25, 0.3) is 0 Å². The van der Waals surface area contributed by atoms with Gasteiger partial charge in [-0.05, 0) is 36.4 Å². The Morgan fingerprint density at radius 1 is 0.658 bits per heavy atom. The predicted molar refractivity (Wildman–Crippen MR) is 136 cm³/mol. The number of hydrogen-bond acceptors (Lipinski definition) is 10. The maximum Gasteiger partial charge on any atom is 0.325 e. The summed E-state index contributed by atoms with van der Waals surface area (Å²) < 4.78 is 63.5. The first-order valence-electron chi connectivity index (χ1n) is 9.16. The summed E-state index contributed by atoms with van der Waals surface area (Å²) in [6, 6.07) is 1.65. The molecule has 2 unspecified atom stereocenters. The normalized spacial score (nSPS) is 12.4. The van der Waals surface area contributed by atoms with E-state index in [1.165, 1.54) is 0 Å². The van der Waals surface area contributed by atoms with Crippen molar-refractivity contribution in [1.29, 1.82) is 0 Å². The fraction of sp³-hybridized carbons (Fsp3) is 0.222. The van der Waals surface area contributed by atoms with Crippen LogP contribution in [0.5, 0.6) is 11.5 Å². The first-order valence-corrected chi connectivity index (χ1v) is 12.0. The third-order valence-corrected chi connectivity index (χ3v) is 6.23. The zero-order chi connectivity index (χ0) is 25.8. The SMILES string of the molecule is O=C(O)C(NCCNC(C(=O)O)c1cc(S(=O)(=O)O)ccc1O)c1cc(S(=O)(=O)O)ccc1O.[Na].[Na].[Na].[Na]. The van der Waals surface area contributed by atoms with Crippen molar-refractivity contribution in [2.75, 3.05) is 13.1 Å². The molecule has 2 aromatic carbocycles. The van der Waals surface area contributed by atoms with E-state index in [-0.39, 0.29) is 131 Å². The van der Waals surface area contributed by atoms with Gasteiger partial charge in [-0.1, -0.05) is 0 Å². The van der Waals surface area contributed by atoms with Crippen LogP contribution in [0.4, 0.5) is 0 Å². The van der Waals surface area contributed by atoms with Gasteiger partial charge in [-0.15, -0.1) is 0 Å². The summed E-state index contributed by atoms with van der Waals surface area (Å²) in [6.07, 6.45) is 0. The summed E-state index contributed by atoms with van der Waals surface area (Å²) >= 11 is 0. The summed E-state index contributed by atoms with van der Waals surface area (Å²) in [5.41, 5.74) is -0.785. The standard InChI is InChI=1S/C18H20N2O12S2.4Na/c21-13-3-1-9(33(27,28)29)7-11(13)15(17(23)24)19-5-6-20-16(18(25)26)12-8-10(34(30,31)32)2-4-14(12)22;;;;/h1-4,7-8,15-16,19-22H,5-6H2,(H,23,24)(H,25,26)(H,27,28,29)(H,30,31,32);;;;. The molecule has 0 fully saturated rings. The molecule has 0 aliphatic heterocycles. The summed E-state index contributed by atoms with van der Waals surface area (Å²) in [5.74, 6) is -4.24. The van der Waals surface area contributed by atoms with E-state index in [1.54, 1.807) is 0 Å². The van der Waals surface area contributed by atoms with E-state index in [4.69, 9.17) is 9.11 Å². The van der Waals surface area contributed by atoms with Crippen LogP contribution in [-0.2, 0) is 29.8 Å². The number of nitrogens with one attached hydrogen (secondary N) is 2. The Morgan fingerprint density at radius 3 is 1.18 bits per heavy atom. The van der Waals surface area contributed by atoms with E-state index in [0.717, 1.165) is 36.4 Å². The van der Waals surface area contributed by atoms with Crippen molar-refractivity contribution in [3.63, 3.8) is 0 Å². The molecule has 8 N–H and O–H groups in total. The Hall–Kier alpha value is 0.720. The van der Waals surface area contributed by atoms with Crippen LogP contribution in [0.1, 0.15) is 23.2 Å². The number of aliphatic carboxylic acids is 2. The number of carboxylic acid groups (broad SMARTS) is 2. The minimum Gasteiger partial charge on any atom is -0.508 e. The molecule has 38 heavy (non-hydrogen) atoms. The third kappa shape index (κ3) is 12.3. The number of carbonyl (C=O) groups is 2. The molecule has 0 spiro atoms. The van der Waals surface area contributed by atoms with Gasteiger partial charge in [0.2, 0.25) is 0 Å². The van der Waals surface area contributed by atoms with Gasteiger partial charge in [0, 0.05) is 142 Å². The molecule has 4 radical (unpaired) electrons. The van der Waals surface area contributed by atoms with Gasteiger partial charge in [-0.25, -0.2) is 0 Å². The minimum atomic E-state index is -4.69. The van der Waals surface area contributed by atoms with Gasteiger partial charge in [-0.3, -0.25) is 29.3 Å². The Morgan fingerprint density at radius 2 is 0.947 bits per heavy atom. The summed E-state index contributed by atoms with van der Waals surface area (Å²) in [5, 5.41) is 43.7. The van der Waals surface area contributed by atoms with Crippen LogP contribution in [0.2, 0.25) is 0 Å². The van der Waals surface area contributed by atoms with Gasteiger partial charge in [0.15, 0.2) is 0 Å². The van der Waals surface area contributed by atoms with Crippen molar-refractivity contribution in [3.05, 3.63) is 47.5 Å². The van der Waals surface area contributed by atoms with Crippen molar-refractivity contribution < 1.29 is 56.0 Å².